The van der Waals surface area contributed by atoms with E-state index in [1.165, 1.54) is 12.1 Å². The number of hydrogen-bond acceptors (Lipinski definition) is 4. The van der Waals surface area contributed by atoms with Crippen LogP contribution < -0.4 is 5.32 Å². The van der Waals surface area contributed by atoms with Gasteiger partial charge in [0.15, 0.2) is 0 Å². The summed E-state index contributed by atoms with van der Waals surface area (Å²) in [4.78, 5) is 10.4. The molecule has 0 bridgehead atoms. The molecule has 0 spiro atoms. The lowest BCUT2D eigenvalue weighted by molar-refractivity contribution is -0.385. The highest BCUT2D eigenvalue weighted by atomic mass is 35.5. The third-order valence-corrected chi connectivity index (χ3v) is 3.16. The molecule has 4 nitrogen and oxygen atoms in total. The fourth-order valence-electron chi connectivity index (χ4n) is 1.44. The second-order valence-electron chi connectivity index (χ2n) is 3.40. The van der Waals surface area contributed by atoms with Crippen LogP contribution in [0.5, 0.6) is 0 Å². The second-order valence-corrected chi connectivity index (χ2v) is 4.61. The predicted molar refractivity (Wildman–Crippen MR) is 69.8 cm³/mol. The predicted octanol–water partition coefficient (Wildman–Crippen LogP) is 3.92. The van der Waals surface area contributed by atoms with E-state index < -0.39 is 4.92 Å². The van der Waals surface area contributed by atoms with Crippen LogP contribution in [-0.4, -0.2) is 4.92 Å². The Hall–Kier alpha value is -1.59. The van der Waals surface area contributed by atoms with Gasteiger partial charge in [-0.2, -0.15) is 11.3 Å². The summed E-state index contributed by atoms with van der Waals surface area (Å²) < 4.78 is 0. The molecule has 17 heavy (non-hydrogen) atoms. The van der Waals surface area contributed by atoms with Crippen LogP contribution in [-0.2, 0) is 6.54 Å². The number of benzene rings is 1. The number of nitro benzene ring substituents is 1. The van der Waals surface area contributed by atoms with Crippen molar-refractivity contribution in [2.75, 3.05) is 5.32 Å². The zero-order valence-corrected chi connectivity index (χ0v) is 10.3. The van der Waals surface area contributed by atoms with Crippen LogP contribution in [0.4, 0.5) is 11.4 Å². The Kier molecular flexibility index (Phi) is 3.61. The molecule has 0 unspecified atom stereocenters. The van der Waals surface area contributed by atoms with E-state index in [0.29, 0.717) is 17.1 Å². The Morgan fingerprint density at radius 2 is 2.24 bits per heavy atom. The van der Waals surface area contributed by atoms with Crippen LogP contribution in [0, 0.1) is 10.1 Å². The van der Waals surface area contributed by atoms with Gasteiger partial charge in [-0.1, -0.05) is 11.6 Å². The number of halogens is 1. The Labute approximate surface area is 107 Å². The first-order chi connectivity index (χ1) is 8.16. The maximum absolute atomic E-state index is 10.8. The SMILES string of the molecule is O=[N+]([O-])c1ccc(Cl)cc1CNc1ccsc1. The first kappa shape index (κ1) is 11.9. The highest BCUT2D eigenvalue weighted by Gasteiger charge is 2.13. The van der Waals surface area contributed by atoms with E-state index in [9.17, 15) is 10.1 Å². The van der Waals surface area contributed by atoms with Gasteiger partial charge in [0.2, 0.25) is 0 Å². The molecule has 1 N–H and O–H groups in total. The van der Waals surface area contributed by atoms with Crippen molar-refractivity contribution in [3.8, 4) is 0 Å². The maximum atomic E-state index is 10.8. The van der Waals surface area contributed by atoms with E-state index in [4.69, 9.17) is 11.6 Å². The minimum Gasteiger partial charge on any atom is -0.380 e. The van der Waals surface area contributed by atoms with E-state index in [2.05, 4.69) is 5.32 Å². The minimum atomic E-state index is -0.402. The summed E-state index contributed by atoms with van der Waals surface area (Å²) in [6, 6.07) is 6.47. The molecule has 1 aromatic carbocycles. The van der Waals surface area contributed by atoms with Gasteiger partial charge in [-0.15, -0.1) is 0 Å². The average Bonchev–Trinajstić information content (AvgIpc) is 2.78. The second kappa shape index (κ2) is 5.16. The molecular weight excluding hydrogens is 260 g/mol. The maximum Gasteiger partial charge on any atom is 0.274 e. The number of rotatable bonds is 4. The molecule has 0 amide bonds. The normalized spacial score (nSPS) is 10.2. The largest absolute Gasteiger partial charge is 0.380 e. The first-order valence-electron chi connectivity index (χ1n) is 4.85. The summed E-state index contributed by atoms with van der Waals surface area (Å²) in [7, 11) is 0. The third-order valence-electron chi connectivity index (χ3n) is 2.24. The van der Waals surface area contributed by atoms with Gasteiger partial charge in [-0.25, -0.2) is 0 Å². The van der Waals surface area contributed by atoms with E-state index in [0.717, 1.165) is 5.69 Å². The fourth-order valence-corrected chi connectivity index (χ4v) is 2.24. The van der Waals surface area contributed by atoms with E-state index in [1.54, 1.807) is 17.4 Å². The van der Waals surface area contributed by atoms with Crippen molar-refractivity contribution < 1.29 is 4.92 Å². The van der Waals surface area contributed by atoms with E-state index in [1.807, 2.05) is 16.8 Å². The zero-order chi connectivity index (χ0) is 12.3. The van der Waals surface area contributed by atoms with Crippen molar-refractivity contribution >= 4 is 34.3 Å². The Bertz CT molecular complexity index is 528. The summed E-state index contributed by atoms with van der Waals surface area (Å²) in [6.45, 7) is 0.383. The number of thiophene rings is 1. The summed E-state index contributed by atoms with van der Waals surface area (Å²) in [6.07, 6.45) is 0. The molecule has 0 atom stereocenters. The van der Waals surface area contributed by atoms with Crippen LogP contribution in [0.2, 0.25) is 5.02 Å². The molecule has 0 aliphatic carbocycles. The van der Waals surface area contributed by atoms with Crippen molar-refractivity contribution in [3.05, 3.63) is 55.7 Å². The van der Waals surface area contributed by atoms with Gasteiger partial charge >= 0.3 is 0 Å². The molecule has 2 aromatic rings. The van der Waals surface area contributed by atoms with Gasteiger partial charge in [0.05, 0.1) is 10.5 Å². The average molecular weight is 269 g/mol. The van der Waals surface area contributed by atoms with Gasteiger partial charge in [-0.3, -0.25) is 10.1 Å². The Morgan fingerprint density at radius 1 is 1.41 bits per heavy atom. The van der Waals surface area contributed by atoms with Gasteiger partial charge in [0.25, 0.3) is 5.69 Å². The standard InChI is InChI=1S/C11H9ClN2O2S/c12-9-1-2-11(14(15)16)8(5-9)6-13-10-3-4-17-7-10/h1-5,7,13H,6H2. The van der Waals surface area contributed by atoms with Crippen molar-refractivity contribution in [3.63, 3.8) is 0 Å². The molecule has 88 valence electrons. The molecule has 0 fully saturated rings. The molecule has 1 aromatic heterocycles. The fraction of sp³-hybridized carbons (Fsp3) is 0.0909. The molecular formula is C11H9ClN2O2S. The molecule has 0 aliphatic heterocycles. The smallest absolute Gasteiger partial charge is 0.274 e. The van der Waals surface area contributed by atoms with Crippen molar-refractivity contribution in [1.82, 2.24) is 0 Å². The third kappa shape index (κ3) is 2.95. The van der Waals surface area contributed by atoms with Crippen molar-refractivity contribution in [2.24, 2.45) is 0 Å². The van der Waals surface area contributed by atoms with Gasteiger partial charge in [0.1, 0.15) is 0 Å². The van der Waals surface area contributed by atoms with Gasteiger partial charge in [0, 0.05) is 28.7 Å². The molecule has 2 rings (SSSR count). The summed E-state index contributed by atoms with van der Waals surface area (Å²) in [5, 5.41) is 18.3. The van der Waals surface area contributed by atoms with Crippen LogP contribution in [0.15, 0.2) is 35.0 Å². The van der Waals surface area contributed by atoms with Crippen LogP contribution in [0.25, 0.3) is 0 Å². The lowest BCUT2D eigenvalue weighted by Crippen LogP contribution is -2.02. The molecule has 0 aliphatic rings. The minimum absolute atomic E-state index is 0.0807. The Balaban J connectivity index is 2.19. The van der Waals surface area contributed by atoms with Gasteiger partial charge in [-0.05, 0) is 23.6 Å². The van der Waals surface area contributed by atoms with Gasteiger partial charge < -0.3 is 5.32 Å². The van der Waals surface area contributed by atoms with Crippen molar-refractivity contribution in [1.29, 1.82) is 0 Å². The number of nitrogens with one attached hydrogen (secondary N) is 1. The summed E-state index contributed by atoms with van der Waals surface area (Å²) in [5.74, 6) is 0. The number of nitro groups is 1. The number of anilines is 1. The van der Waals surface area contributed by atoms with Crippen LogP contribution in [0.1, 0.15) is 5.56 Å². The highest BCUT2D eigenvalue weighted by molar-refractivity contribution is 7.08. The summed E-state index contributed by atoms with van der Waals surface area (Å²) >= 11 is 7.40. The van der Waals surface area contributed by atoms with E-state index in [-0.39, 0.29) is 5.69 Å². The van der Waals surface area contributed by atoms with E-state index >= 15 is 0 Å². The molecule has 0 saturated carbocycles. The quantitative estimate of drug-likeness (QED) is 0.675. The number of hydrogen-bond donors (Lipinski definition) is 1. The van der Waals surface area contributed by atoms with Crippen LogP contribution >= 0.6 is 22.9 Å². The van der Waals surface area contributed by atoms with Crippen molar-refractivity contribution in [2.45, 2.75) is 6.54 Å². The summed E-state index contributed by atoms with van der Waals surface area (Å²) in [5.41, 5.74) is 1.61. The topological polar surface area (TPSA) is 55.2 Å². The molecule has 1 heterocycles. The molecule has 6 heteroatoms. The Morgan fingerprint density at radius 3 is 2.88 bits per heavy atom. The van der Waals surface area contributed by atoms with Crippen LogP contribution in [0.3, 0.4) is 0 Å². The lowest BCUT2D eigenvalue weighted by Gasteiger charge is -2.05. The highest BCUT2D eigenvalue weighted by Crippen LogP contribution is 2.24. The first-order valence-corrected chi connectivity index (χ1v) is 6.18. The lowest BCUT2D eigenvalue weighted by atomic mass is 10.2. The monoisotopic (exact) mass is 268 g/mol. The molecule has 0 saturated heterocycles. The zero-order valence-electron chi connectivity index (χ0n) is 8.72. The molecule has 0 radical (unpaired) electrons. The number of nitrogens with zero attached hydrogens (tertiary/aromatic N) is 1.